The molecule has 1 nitrogen and oxygen atoms in total. The maximum Gasteiger partial charge on any atom is 0.0476 e. The highest BCUT2D eigenvalue weighted by Crippen LogP contribution is 2.58. The highest BCUT2D eigenvalue weighted by Gasteiger charge is 2.49. The second-order valence-corrected chi connectivity index (χ2v) is 51.4. The predicted molar refractivity (Wildman–Crippen MR) is 420 cm³/mol. The number of hydrogen-bond acceptors (Lipinski definition) is 1. The van der Waals surface area contributed by atoms with Gasteiger partial charge in [0.25, 0.3) is 0 Å². The van der Waals surface area contributed by atoms with E-state index < -0.39 is 24.2 Å². The number of rotatable bonds is 6. The van der Waals surface area contributed by atoms with Crippen molar-refractivity contribution in [3.63, 3.8) is 0 Å². The molecule has 4 heteroatoms. The van der Waals surface area contributed by atoms with Crippen LogP contribution in [0.3, 0.4) is 0 Å². The predicted octanol–water partition coefficient (Wildman–Crippen LogP) is 28.3. The number of aromatic nitrogens is 1. The van der Waals surface area contributed by atoms with Crippen LogP contribution in [0.25, 0.3) is 0 Å². The number of aryl methyl sites for hydroxylation is 3. The van der Waals surface area contributed by atoms with Crippen LogP contribution in [0.5, 0.6) is 0 Å². The van der Waals surface area contributed by atoms with E-state index in [1.54, 1.807) is 68.4 Å². The first kappa shape index (κ1) is 82.7. The minimum absolute atomic E-state index is 0.293. The third-order valence-corrected chi connectivity index (χ3v) is 33.0. The highest BCUT2D eigenvalue weighted by molar-refractivity contribution is 6.78. The Kier molecular flexibility index (Phi) is 39.0. The van der Waals surface area contributed by atoms with E-state index in [0.717, 1.165) is 71.8 Å². The van der Waals surface area contributed by atoms with Gasteiger partial charge in [-0.05, 0) is 162 Å². The van der Waals surface area contributed by atoms with Crippen LogP contribution >= 0.6 is 0 Å². The van der Waals surface area contributed by atoms with Gasteiger partial charge in [-0.3, -0.25) is 4.98 Å². The van der Waals surface area contributed by atoms with Crippen LogP contribution < -0.4 is 0 Å². The van der Waals surface area contributed by atoms with E-state index in [-0.39, 0.29) is 0 Å². The lowest BCUT2D eigenvalue weighted by molar-refractivity contribution is -0.0673. The Hall–Kier alpha value is -2.54. The summed E-state index contributed by atoms with van der Waals surface area (Å²) in [7, 11) is -2.00. The van der Waals surface area contributed by atoms with Crippen LogP contribution in [-0.2, 0) is 24.7 Å². The van der Waals surface area contributed by atoms with Crippen molar-refractivity contribution >= 4 is 24.2 Å². The Bertz CT molecular complexity index is 2310. The molecule has 3 saturated heterocycles. The summed E-state index contributed by atoms with van der Waals surface area (Å²) in [5.74, 6) is 13.1. The molecule has 4 aromatic rings. The van der Waals surface area contributed by atoms with Crippen molar-refractivity contribution in [1.82, 2.24) is 4.98 Å². The molecule has 0 radical (unpaired) electrons. The van der Waals surface area contributed by atoms with Gasteiger partial charge in [0.05, 0.1) is 0 Å². The molecule has 11 fully saturated rings. The monoisotopic (exact) mass is 1300 g/mol. The lowest BCUT2D eigenvalue weighted by Crippen LogP contribution is -2.48. The van der Waals surface area contributed by atoms with Gasteiger partial charge in [0.1, 0.15) is 0 Å². The topological polar surface area (TPSA) is 12.9 Å². The SMILES string of the molecule is CC(C)(C)C1CC[Si](C)(C)C1.CC(C)(C)c1ccccc1.CC(C)C1CC[Si](C)(C)C1.CC1C2CC1C2.CC1CC2CC1C2.CC1CCCC1.CC1CCCCC1.CCC1CC[Si](C)(C)C1.CCCc1ccccc1.CCc1ccccc1.CCc1ccccn1. The second kappa shape index (κ2) is 42.9. The third-order valence-electron chi connectivity index (χ3n) is 23.2. The Balaban J connectivity index is 0.000000262. The standard InChI is InChI=1S/C10H22Si.C10H14.C9H20Si.C9H12.C8H18Si.C8H10.C7H9N.C7H12.C7H14.C6H10.C6H12/c1-10(2,3)9-6-7-11(4,5)8-9;1-10(2,3)9-7-5-4-6-8-9;1-8(2)9-5-6-10(3,4)7-9;1-2-6-9-7-4-3-5-8-9;1-4-8-5-6-9(2,3)7-8;1-2-8-6-4-3-5-7-8;1-2-7-5-3-4-6-8-7;1-5-2-6-3-7(5)4-6;1-7-5-3-2-4-6-7;1-4-5-2-6(4)3-5;1-6-4-2-3-5-6/h9H,6-8H2,1-5H3;4-8H,1-3H3;8-9H,5-7H2,1-4H3;3-5,7-8H,2,6H2,1H3;8H,4-7H2,1-3H3;3-7H,2H2,1H3;3-6H,2H2,1H3;5-7H,2-4H2,1H3;7H,2-6H2,1H3;4-6H,2-3H2,1H3;6H,2-5H2,1H3. The van der Waals surface area contributed by atoms with Gasteiger partial charge >= 0.3 is 0 Å². The Morgan fingerprint density at radius 1 is 0.473 bits per heavy atom. The zero-order chi connectivity index (χ0) is 67.7. The fourth-order valence-corrected chi connectivity index (χ4v) is 25.9. The smallest absolute Gasteiger partial charge is 0.0476 e. The first-order valence-corrected chi connectivity index (χ1v) is 49.2. The van der Waals surface area contributed by atoms with Gasteiger partial charge in [-0.25, -0.2) is 0 Å². The minimum atomic E-state index is -0.713. The van der Waals surface area contributed by atoms with E-state index >= 15 is 0 Å². The maximum atomic E-state index is 4.10. The van der Waals surface area contributed by atoms with Gasteiger partial charge in [-0.2, -0.15) is 0 Å². The number of nitrogens with zero attached hydrogens (tertiary/aromatic N) is 1. The average molecular weight is 1300 g/mol. The lowest BCUT2D eigenvalue weighted by Gasteiger charge is -2.56. The molecule has 3 aromatic carbocycles. The van der Waals surface area contributed by atoms with Gasteiger partial charge in [0.15, 0.2) is 0 Å². The van der Waals surface area contributed by atoms with E-state index in [9.17, 15) is 0 Å². The molecule has 11 aliphatic rings. The molecular weight excluding hydrogens is 1140 g/mol. The summed E-state index contributed by atoms with van der Waals surface area (Å²) < 4.78 is 0. The molecule has 0 spiro atoms. The van der Waals surface area contributed by atoms with Crippen LogP contribution in [0, 0.1) is 76.4 Å². The van der Waals surface area contributed by atoms with E-state index in [2.05, 4.69) is 240 Å². The van der Waals surface area contributed by atoms with Gasteiger partial charge in [-0.1, -0.05) is 373 Å². The molecule has 8 aliphatic carbocycles. The molecule has 4 unspecified atom stereocenters. The molecule has 3 aliphatic heterocycles. The molecule has 1 aromatic heterocycles. The quantitative estimate of drug-likeness (QED) is 0.175. The Labute approximate surface area is 572 Å². The largest absolute Gasteiger partial charge is 0.261 e. The fraction of sp³-hybridized carbons (Fsp3) is 0.736. The molecular formula is C87H153NSi3. The van der Waals surface area contributed by atoms with Crippen molar-refractivity contribution in [1.29, 1.82) is 0 Å². The molecule has 91 heavy (non-hydrogen) atoms. The summed E-state index contributed by atoms with van der Waals surface area (Å²) in [6, 6.07) is 47.0. The minimum Gasteiger partial charge on any atom is -0.261 e. The molecule has 8 saturated carbocycles. The van der Waals surface area contributed by atoms with Crippen LogP contribution in [0.2, 0.25) is 75.5 Å². The van der Waals surface area contributed by atoms with Crippen LogP contribution in [-0.4, -0.2) is 29.2 Å². The van der Waals surface area contributed by atoms with Crippen molar-refractivity contribution in [2.75, 3.05) is 0 Å². The summed E-state index contributed by atoms with van der Waals surface area (Å²) in [5.41, 5.74) is 6.28. The van der Waals surface area contributed by atoms with Crippen LogP contribution in [0.4, 0.5) is 0 Å². The first-order valence-electron chi connectivity index (χ1n) is 38.9. The third kappa shape index (κ3) is 35.3. The Morgan fingerprint density at radius 2 is 0.934 bits per heavy atom. The summed E-state index contributed by atoms with van der Waals surface area (Å²) in [6.45, 7) is 52.1. The van der Waals surface area contributed by atoms with E-state index in [1.807, 2.05) is 30.5 Å². The van der Waals surface area contributed by atoms with E-state index in [0.29, 0.717) is 10.8 Å². The molecule has 15 rings (SSSR count). The van der Waals surface area contributed by atoms with Crippen molar-refractivity contribution in [3.8, 4) is 0 Å². The summed E-state index contributed by atoms with van der Waals surface area (Å²) in [4.78, 5) is 4.10. The highest BCUT2D eigenvalue weighted by atomic mass is 28.3. The average Bonchev–Trinajstić information content (AvgIpc) is 1.75. The van der Waals surface area contributed by atoms with Crippen molar-refractivity contribution < 1.29 is 0 Å². The molecule has 4 heterocycles. The number of pyridine rings is 1. The van der Waals surface area contributed by atoms with Crippen molar-refractivity contribution in [3.05, 3.63) is 138 Å². The number of fused-ring (bicyclic) bond motifs is 1. The zero-order valence-electron chi connectivity index (χ0n) is 64.6. The number of benzene rings is 3. The normalized spacial score (nSPS) is 26.4. The first-order chi connectivity index (χ1) is 42.9. The van der Waals surface area contributed by atoms with Crippen LogP contribution in [0.15, 0.2) is 115 Å². The number of hydrogen-bond donors (Lipinski definition) is 0. The molecule has 0 N–H and O–H groups in total. The van der Waals surface area contributed by atoms with E-state index in [4.69, 9.17) is 0 Å². The van der Waals surface area contributed by atoms with Gasteiger partial charge in [-0.15, -0.1) is 0 Å². The molecule has 4 atom stereocenters. The molecule has 518 valence electrons. The second-order valence-electron chi connectivity index (χ2n) is 35.7. The summed E-state index contributed by atoms with van der Waals surface area (Å²) >= 11 is 0. The lowest BCUT2D eigenvalue weighted by atomic mass is 9.49. The molecule has 0 amide bonds. The molecule has 4 bridgehead atoms. The van der Waals surface area contributed by atoms with Crippen LogP contribution in [0.1, 0.15) is 255 Å². The van der Waals surface area contributed by atoms with Gasteiger partial charge in [0.2, 0.25) is 0 Å². The van der Waals surface area contributed by atoms with Crippen molar-refractivity contribution in [2.45, 2.75) is 333 Å². The Morgan fingerprint density at radius 3 is 1.15 bits per heavy atom. The van der Waals surface area contributed by atoms with E-state index in [1.165, 1.54) is 131 Å². The summed E-state index contributed by atoms with van der Waals surface area (Å²) in [5, 5.41) is 0. The maximum absolute atomic E-state index is 4.10. The van der Waals surface area contributed by atoms with Gasteiger partial charge < -0.3 is 0 Å². The zero-order valence-corrected chi connectivity index (χ0v) is 67.6. The summed E-state index contributed by atoms with van der Waals surface area (Å²) in [6.07, 6.45) is 33.6. The van der Waals surface area contributed by atoms with Gasteiger partial charge in [0, 0.05) is 36.1 Å². The fourth-order valence-electron chi connectivity index (χ4n) is 15.5. The van der Waals surface area contributed by atoms with Crippen molar-refractivity contribution in [2.24, 2.45) is 76.4 Å².